The van der Waals surface area contributed by atoms with Crippen LogP contribution in [0.15, 0.2) is 103 Å². The van der Waals surface area contributed by atoms with Gasteiger partial charge in [-0.2, -0.15) is 0 Å². The molecule has 1 nitrogen and oxygen atoms in total. The Balaban J connectivity index is 1.75. The van der Waals surface area contributed by atoms with Gasteiger partial charge in [0.15, 0.2) is 0 Å². The molecule has 0 bridgehead atoms. The van der Waals surface area contributed by atoms with E-state index >= 15 is 0 Å². The Hall–Kier alpha value is -2.74. The van der Waals surface area contributed by atoms with E-state index < -0.39 is 0 Å². The minimum absolute atomic E-state index is 0.636. The number of para-hydroxylation sites is 2. The normalized spacial score (nSPS) is 10.6. The zero-order chi connectivity index (χ0) is 18.6. The molecule has 27 heavy (non-hydrogen) atoms. The third-order valence-corrected chi connectivity index (χ3v) is 4.79. The third-order valence-electron chi connectivity index (χ3n) is 4.35. The standard InChI is InChI=1S/C24H17Cl2N/c25-20-15-19(16-21(26)17-20)18-11-13-24(14-12-18)27(22-7-3-1-4-8-22)23-9-5-2-6-10-23/h1-17H. The van der Waals surface area contributed by atoms with Gasteiger partial charge in [0, 0.05) is 27.1 Å². The van der Waals surface area contributed by atoms with Gasteiger partial charge in [0.1, 0.15) is 0 Å². The summed E-state index contributed by atoms with van der Waals surface area (Å²) in [5.74, 6) is 0. The van der Waals surface area contributed by atoms with Crippen molar-refractivity contribution in [1.29, 1.82) is 0 Å². The SMILES string of the molecule is Clc1cc(Cl)cc(-c2ccc(N(c3ccccc3)c3ccccc3)cc2)c1. The summed E-state index contributed by atoms with van der Waals surface area (Å²) in [5.41, 5.74) is 5.39. The van der Waals surface area contributed by atoms with Gasteiger partial charge in [-0.15, -0.1) is 0 Å². The number of rotatable bonds is 4. The van der Waals surface area contributed by atoms with Crippen LogP contribution in [0.4, 0.5) is 17.1 Å². The molecule has 0 N–H and O–H groups in total. The molecular formula is C24H17Cl2N. The molecule has 3 heteroatoms. The fourth-order valence-electron chi connectivity index (χ4n) is 3.12. The highest BCUT2D eigenvalue weighted by atomic mass is 35.5. The van der Waals surface area contributed by atoms with Crippen LogP contribution in [0.1, 0.15) is 0 Å². The van der Waals surface area contributed by atoms with Crippen LogP contribution in [-0.4, -0.2) is 0 Å². The van der Waals surface area contributed by atoms with Crippen LogP contribution < -0.4 is 4.90 Å². The number of hydrogen-bond donors (Lipinski definition) is 0. The van der Waals surface area contributed by atoms with Gasteiger partial charge in [0.2, 0.25) is 0 Å². The van der Waals surface area contributed by atoms with Gasteiger partial charge < -0.3 is 4.90 Å². The molecule has 0 aliphatic heterocycles. The van der Waals surface area contributed by atoms with E-state index in [1.807, 2.05) is 48.5 Å². The van der Waals surface area contributed by atoms with Crippen LogP contribution in [0, 0.1) is 0 Å². The summed E-state index contributed by atoms with van der Waals surface area (Å²) in [5, 5.41) is 1.27. The van der Waals surface area contributed by atoms with Gasteiger partial charge in [-0.05, 0) is 65.7 Å². The Kier molecular flexibility index (Phi) is 5.15. The minimum atomic E-state index is 0.636. The number of hydrogen-bond acceptors (Lipinski definition) is 1. The second kappa shape index (κ2) is 7.87. The highest BCUT2D eigenvalue weighted by Crippen LogP contribution is 2.35. The maximum atomic E-state index is 6.15. The lowest BCUT2D eigenvalue weighted by atomic mass is 10.0. The molecule has 0 atom stereocenters. The van der Waals surface area contributed by atoms with Gasteiger partial charge >= 0.3 is 0 Å². The van der Waals surface area contributed by atoms with Crippen molar-refractivity contribution in [2.45, 2.75) is 0 Å². The topological polar surface area (TPSA) is 3.24 Å². The fraction of sp³-hybridized carbons (Fsp3) is 0. The first-order valence-corrected chi connectivity index (χ1v) is 9.43. The molecule has 0 spiro atoms. The summed E-state index contributed by atoms with van der Waals surface area (Å²) >= 11 is 12.3. The van der Waals surface area contributed by atoms with Gasteiger partial charge in [0.25, 0.3) is 0 Å². The first-order valence-electron chi connectivity index (χ1n) is 8.67. The predicted molar refractivity (Wildman–Crippen MR) is 117 cm³/mol. The first-order chi connectivity index (χ1) is 13.2. The van der Waals surface area contributed by atoms with Gasteiger partial charge in [-0.3, -0.25) is 0 Å². The Bertz CT molecular complexity index is 969. The van der Waals surface area contributed by atoms with Crippen LogP contribution in [0.2, 0.25) is 10.0 Å². The smallest absolute Gasteiger partial charge is 0.0462 e. The average Bonchev–Trinajstić information content (AvgIpc) is 2.70. The monoisotopic (exact) mass is 389 g/mol. The molecule has 0 heterocycles. The molecule has 4 aromatic carbocycles. The van der Waals surface area contributed by atoms with Crippen molar-refractivity contribution in [3.05, 3.63) is 113 Å². The summed E-state index contributed by atoms with van der Waals surface area (Å²) in [6.07, 6.45) is 0. The van der Waals surface area contributed by atoms with Crippen LogP contribution in [0.3, 0.4) is 0 Å². The summed E-state index contributed by atoms with van der Waals surface area (Å²) in [6.45, 7) is 0. The summed E-state index contributed by atoms with van der Waals surface area (Å²) in [4.78, 5) is 2.23. The molecule has 0 aliphatic carbocycles. The van der Waals surface area contributed by atoms with Crippen LogP contribution >= 0.6 is 23.2 Å². The summed E-state index contributed by atoms with van der Waals surface area (Å²) in [7, 11) is 0. The van der Waals surface area contributed by atoms with E-state index in [4.69, 9.17) is 23.2 Å². The Morgan fingerprint density at radius 1 is 0.444 bits per heavy atom. The molecule has 4 aromatic rings. The molecule has 0 saturated heterocycles. The zero-order valence-electron chi connectivity index (χ0n) is 14.5. The molecule has 4 rings (SSSR count). The molecule has 132 valence electrons. The van der Waals surface area contributed by atoms with E-state index in [1.54, 1.807) is 6.07 Å². The molecule has 0 amide bonds. The predicted octanol–water partition coefficient (Wildman–Crippen LogP) is 8.13. The molecule has 0 aliphatic rings. The van der Waals surface area contributed by atoms with Crippen molar-refractivity contribution in [2.24, 2.45) is 0 Å². The van der Waals surface area contributed by atoms with E-state index in [1.165, 1.54) is 0 Å². The van der Waals surface area contributed by atoms with E-state index in [9.17, 15) is 0 Å². The third kappa shape index (κ3) is 4.00. The van der Waals surface area contributed by atoms with Crippen molar-refractivity contribution in [3.8, 4) is 11.1 Å². The summed E-state index contributed by atoms with van der Waals surface area (Å²) in [6, 6.07) is 34.7. The lowest BCUT2D eigenvalue weighted by Gasteiger charge is -2.25. The molecule has 0 unspecified atom stereocenters. The van der Waals surface area contributed by atoms with E-state index in [0.717, 1.165) is 28.2 Å². The second-order valence-electron chi connectivity index (χ2n) is 6.21. The molecule has 0 radical (unpaired) electrons. The maximum absolute atomic E-state index is 6.15. The van der Waals surface area contributed by atoms with Crippen LogP contribution in [-0.2, 0) is 0 Å². The van der Waals surface area contributed by atoms with Gasteiger partial charge in [0.05, 0.1) is 0 Å². The van der Waals surface area contributed by atoms with Gasteiger partial charge in [-0.1, -0.05) is 71.7 Å². The number of benzene rings is 4. The lowest BCUT2D eigenvalue weighted by molar-refractivity contribution is 1.28. The molecule has 0 saturated carbocycles. The highest BCUT2D eigenvalue weighted by Gasteiger charge is 2.12. The van der Waals surface area contributed by atoms with E-state index in [2.05, 4.69) is 53.4 Å². The zero-order valence-corrected chi connectivity index (χ0v) is 16.0. The Morgan fingerprint density at radius 3 is 1.37 bits per heavy atom. The Labute approximate surface area is 169 Å². The number of nitrogens with zero attached hydrogens (tertiary/aromatic N) is 1. The maximum Gasteiger partial charge on any atom is 0.0462 e. The number of halogens is 2. The van der Waals surface area contributed by atoms with Gasteiger partial charge in [-0.25, -0.2) is 0 Å². The second-order valence-corrected chi connectivity index (χ2v) is 7.08. The van der Waals surface area contributed by atoms with Crippen molar-refractivity contribution in [2.75, 3.05) is 4.90 Å². The summed E-state index contributed by atoms with van der Waals surface area (Å²) < 4.78 is 0. The van der Waals surface area contributed by atoms with Crippen LogP contribution in [0.25, 0.3) is 11.1 Å². The number of anilines is 3. The quantitative estimate of drug-likeness (QED) is 0.340. The molecular weight excluding hydrogens is 373 g/mol. The largest absolute Gasteiger partial charge is 0.311 e. The van der Waals surface area contributed by atoms with E-state index in [-0.39, 0.29) is 0 Å². The van der Waals surface area contributed by atoms with E-state index in [0.29, 0.717) is 10.0 Å². The fourth-order valence-corrected chi connectivity index (χ4v) is 3.65. The van der Waals surface area contributed by atoms with Crippen molar-refractivity contribution < 1.29 is 0 Å². The van der Waals surface area contributed by atoms with Crippen molar-refractivity contribution in [1.82, 2.24) is 0 Å². The Morgan fingerprint density at radius 2 is 0.889 bits per heavy atom. The molecule has 0 aromatic heterocycles. The van der Waals surface area contributed by atoms with Crippen molar-refractivity contribution in [3.63, 3.8) is 0 Å². The first kappa shape index (κ1) is 17.7. The van der Waals surface area contributed by atoms with Crippen molar-refractivity contribution >= 4 is 40.3 Å². The minimum Gasteiger partial charge on any atom is -0.311 e. The lowest BCUT2D eigenvalue weighted by Crippen LogP contribution is -2.09. The molecule has 0 fully saturated rings. The average molecular weight is 390 g/mol. The van der Waals surface area contributed by atoms with Crippen LogP contribution in [0.5, 0.6) is 0 Å². The highest BCUT2D eigenvalue weighted by molar-refractivity contribution is 6.35.